The van der Waals surface area contributed by atoms with Gasteiger partial charge < -0.3 is 9.88 Å². The minimum Gasteiger partial charge on any atom is -0.343 e. The Morgan fingerprint density at radius 3 is 2.64 bits per heavy atom. The minimum absolute atomic E-state index is 0.181. The highest BCUT2D eigenvalue weighted by Crippen LogP contribution is 2.43. The van der Waals surface area contributed by atoms with Crippen molar-refractivity contribution in [2.75, 3.05) is 5.32 Å². The van der Waals surface area contributed by atoms with Gasteiger partial charge in [-0.3, -0.25) is 4.79 Å². The number of nitrogens with one attached hydrogen (secondary N) is 1. The molecule has 1 aliphatic carbocycles. The summed E-state index contributed by atoms with van der Waals surface area (Å²) in [7, 11) is 0. The summed E-state index contributed by atoms with van der Waals surface area (Å²) in [5, 5.41) is 10.9. The Kier molecular flexibility index (Phi) is 6.25. The third-order valence-corrected chi connectivity index (χ3v) is 8.73. The van der Waals surface area contributed by atoms with Crippen LogP contribution in [0.2, 0.25) is 5.02 Å². The lowest BCUT2D eigenvalue weighted by atomic mass is 9.85. The van der Waals surface area contributed by atoms with E-state index in [0.717, 1.165) is 57.7 Å². The maximum absolute atomic E-state index is 13.4. The lowest BCUT2D eigenvalue weighted by Crippen LogP contribution is -2.31. The quantitative estimate of drug-likeness (QED) is 0.225. The van der Waals surface area contributed by atoms with Crippen LogP contribution in [0.1, 0.15) is 42.0 Å². The van der Waals surface area contributed by atoms with E-state index in [1.54, 1.807) is 11.8 Å². The van der Waals surface area contributed by atoms with Gasteiger partial charge in [0.1, 0.15) is 6.04 Å². The van der Waals surface area contributed by atoms with Gasteiger partial charge in [0.05, 0.1) is 0 Å². The zero-order valence-corrected chi connectivity index (χ0v) is 22.8. The van der Waals surface area contributed by atoms with Crippen molar-refractivity contribution >= 4 is 46.0 Å². The monoisotopic (exact) mass is 551 g/mol. The zero-order valence-electron chi connectivity index (χ0n) is 21.2. The van der Waals surface area contributed by atoms with Gasteiger partial charge in [0.25, 0.3) is 0 Å². The van der Waals surface area contributed by atoms with Crippen LogP contribution in [0.5, 0.6) is 0 Å². The summed E-state index contributed by atoms with van der Waals surface area (Å²) in [6, 6.07) is 26.4. The molecule has 2 aliphatic rings. The number of hydrogen-bond donors (Lipinski definition) is 1. The Morgan fingerprint density at radius 2 is 1.77 bits per heavy atom. The van der Waals surface area contributed by atoms with E-state index in [1.807, 2.05) is 35.0 Å². The maximum Gasteiger partial charge on any atom is 0.227 e. The van der Waals surface area contributed by atoms with Crippen LogP contribution in [0.4, 0.5) is 5.95 Å². The molecular formula is C31H26ClN5OS. The van der Waals surface area contributed by atoms with Crippen LogP contribution in [0.25, 0.3) is 10.9 Å². The number of thioether (sulfide) groups is 1. The number of halogens is 1. The van der Waals surface area contributed by atoms with Crippen LogP contribution >= 0.6 is 23.4 Å². The molecule has 1 aliphatic heterocycles. The number of aromatic nitrogens is 4. The topological polar surface area (TPSA) is 64.7 Å². The highest BCUT2D eigenvalue weighted by molar-refractivity contribution is 7.98. The van der Waals surface area contributed by atoms with Gasteiger partial charge in [0.15, 0.2) is 5.78 Å². The molecule has 3 heterocycles. The SMILES string of the molecule is O=C1CCCC2=C1C(c1cn(Cc3ccccc3)c3ccccc13)n1nc(SCc3ccccc3Cl)nc1N2. The number of anilines is 1. The highest BCUT2D eigenvalue weighted by Gasteiger charge is 2.38. The molecule has 0 amide bonds. The summed E-state index contributed by atoms with van der Waals surface area (Å²) in [5.41, 5.74) is 6.25. The van der Waals surface area contributed by atoms with E-state index in [0.29, 0.717) is 23.3 Å². The summed E-state index contributed by atoms with van der Waals surface area (Å²) >= 11 is 7.94. The van der Waals surface area contributed by atoms with Crippen molar-refractivity contribution in [1.82, 2.24) is 19.3 Å². The van der Waals surface area contributed by atoms with Gasteiger partial charge in [-0.2, -0.15) is 4.98 Å². The van der Waals surface area contributed by atoms with E-state index in [9.17, 15) is 4.79 Å². The van der Waals surface area contributed by atoms with Crippen LogP contribution in [-0.4, -0.2) is 25.1 Å². The smallest absolute Gasteiger partial charge is 0.227 e. The van der Waals surface area contributed by atoms with Crippen molar-refractivity contribution < 1.29 is 4.79 Å². The molecule has 0 radical (unpaired) electrons. The molecule has 8 heteroatoms. The maximum atomic E-state index is 13.4. The van der Waals surface area contributed by atoms with Crippen molar-refractivity contribution in [3.8, 4) is 0 Å². The van der Waals surface area contributed by atoms with Crippen LogP contribution in [-0.2, 0) is 17.1 Å². The number of para-hydroxylation sites is 1. The summed E-state index contributed by atoms with van der Waals surface area (Å²) in [6.07, 6.45) is 4.42. The molecule has 0 bridgehead atoms. The number of nitrogens with zero attached hydrogens (tertiary/aromatic N) is 4. The molecule has 6 nitrogen and oxygen atoms in total. The van der Waals surface area contributed by atoms with Crippen molar-refractivity contribution in [3.05, 3.63) is 118 Å². The van der Waals surface area contributed by atoms with Gasteiger partial charge in [-0.05, 0) is 36.1 Å². The molecule has 194 valence electrons. The fourth-order valence-electron chi connectivity index (χ4n) is 5.65. The van der Waals surface area contributed by atoms with Gasteiger partial charge in [0.2, 0.25) is 11.1 Å². The Morgan fingerprint density at radius 1 is 0.974 bits per heavy atom. The van der Waals surface area contributed by atoms with Crippen molar-refractivity contribution in [2.24, 2.45) is 0 Å². The zero-order chi connectivity index (χ0) is 26.3. The van der Waals surface area contributed by atoms with Crippen LogP contribution in [0, 0.1) is 0 Å². The number of hydrogen-bond acceptors (Lipinski definition) is 5. The minimum atomic E-state index is -0.340. The molecular weight excluding hydrogens is 526 g/mol. The number of benzene rings is 3. The average molecular weight is 552 g/mol. The van der Waals surface area contributed by atoms with Gasteiger partial charge in [-0.15, -0.1) is 5.10 Å². The van der Waals surface area contributed by atoms with E-state index < -0.39 is 0 Å². The number of fused-ring (bicyclic) bond motifs is 2. The predicted molar refractivity (Wildman–Crippen MR) is 156 cm³/mol. The first kappa shape index (κ1) is 24.2. The van der Waals surface area contributed by atoms with Gasteiger partial charge in [0, 0.05) is 57.7 Å². The van der Waals surface area contributed by atoms with Gasteiger partial charge >= 0.3 is 0 Å². The number of allylic oxidation sites excluding steroid dienone is 2. The van der Waals surface area contributed by atoms with Gasteiger partial charge in [-0.25, -0.2) is 4.68 Å². The van der Waals surface area contributed by atoms with E-state index in [2.05, 4.69) is 64.6 Å². The lowest BCUT2D eigenvalue weighted by molar-refractivity contribution is -0.116. The Balaban J connectivity index is 1.33. The summed E-state index contributed by atoms with van der Waals surface area (Å²) in [4.78, 5) is 18.3. The second kappa shape index (κ2) is 10.1. The Hall–Kier alpha value is -3.81. The third-order valence-electron chi connectivity index (χ3n) is 7.47. The first-order chi connectivity index (χ1) is 19.2. The van der Waals surface area contributed by atoms with E-state index in [-0.39, 0.29) is 11.8 Å². The molecule has 1 atom stereocenters. The fraction of sp³-hybridized carbons (Fsp3) is 0.194. The number of carbonyl (C=O) groups excluding carboxylic acids is 1. The fourth-order valence-corrected chi connectivity index (χ4v) is 6.76. The molecule has 3 aromatic carbocycles. The molecule has 39 heavy (non-hydrogen) atoms. The molecule has 2 aromatic heterocycles. The first-order valence-corrected chi connectivity index (χ1v) is 14.5. The molecule has 0 saturated carbocycles. The summed E-state index contributed by atoms with van der Waals surface area (Å²) < 4.78 is 4.19. The van der Waals surface area contributed by atoms with Gasteiger partial charge in [-0.1, -0.05) is 90.1 Å². The molecule has 0 saturated heterocycles. The third kappa shape index (κ3) is 4.45. The second-order valence-electron chi connectivity index (χ2n) is 9.95. The lowest BCUT2D eigenvalue weighted by Gasteiger charge is -2.31. The molecule has 1 N–H and O–H groups in total. The van der Waals surface area contributed by atoms with E-state index in [4.69, 9.17) is 21.7 Å². The predicted octanol–water partition coefficient (Wildman–Crippen LogP) is 7.25. The Labute approximate surface area is 235 Å². The molecule has 1 unspecified atom stereocenters. The van der Waals surface area contributed by atoms with Crippen molar-refractivity contribution in [1.29, 1.82) is 0 Å². The number of carbonyl (C=O) groups is 1. The first-order valence-electron chi connectivity index (χ1n) is 13.1. The van der Waals surface area contributed by atoms with E-state index >= 15 is 0 Å². The molecule has 0 spiro atoms. The number of rotatable bonds is 6. The average Bonchev–Trinajstić information content (AvgIpc) is 3.53. The summed E-state index contributed by atoms with van der Waals surface area (Å²) in [6.45, 7) is 0.745. The number of ketones is 1. The largest absolute Gasteiger partial charge is 0.343 e. The molecule has 0 fully saturated rings. The summed E-state index contributed by atoms with van der Waals surface area (Å²) in [5.74, 6) is 1.52. The van der Waals surface area contributed by atoms with Crippen LogP contribution in [0.15, 0.2) is 101 Å². The molecule has 7 rings (SSSR count). The highest BCUT2D eigenvalue weighted by atomic mass is 35.5. The normalized spacial score (nSPS) is 16.7. The number of Topliss-reactive ketones (excluding diaryl/α,β-unsaturated/α-hetero) is 1. The second-order valence-corrected chi connectivity index (χ2v) is 11.3. The van der Waals surface area contributed by atoms with Crippen LogP contribution in [0.3, 0.4) is 0 Å². The van der Waals surface area contributed by atoms with Crippen LogP contribution < -0.4 is 5.32 Å². The van der Waals surface area contributed by atoms with E-state index in [1.165, 1.54) is 5.56 Å². The van der Waals surface area contributed by atoms with Crippen molar-refractivity contribution in [3.63, 3.8) is 0 Å². The Bertz CT molecular complexity index is 1740. The van der Waals surface area contributed by atoms with Crippen molar-refractivity contribution in [2.45, 2.75) is 42.8 Å². The molecule has 5 aromatic rings. The standard InChI is InChI=1S/C31H26ClN5OS/c32-24-13-6-4-11-21(24)19-39-31-34-30-33-25-14-8-16-27(38)28(25)29(37(30)35-31)23-18-36(17-20-9-2-1-3-10-20)26-15-7-5-12-22(23)26/h1-7,9-13,15,18,29H,8,14,16-17,19H2,(H,33,34,35).